The Bertz CT molecular complexity index is 1500. The van der Waals surface area contributed by atoms with Gasteiger partial charge in [0.2, 0.25) is 5.82 Å². The molecule has 2 aromatic heterocycles. The Morgan fingerprint density at radius 1 is 1.25 bits per heavy atom. The predicted octanol–water partition coefficient (Wildman–Crippen LogP) is 5.74. The molecule has 184 valence electrons. The normalized spacial score (nSPS) is 15.1. The first kappa shape index (κ1) is 23.4. The summed E-state index contributed by atoms with van der Waals surface area (Å²) in [5, 5.41) is 23.0. The topological polar surface area (TPSA) is 125 Å². The van der Waals surface area contributed by atoms with Crippen molar-refractivity contribution in [2.75, 3.05) is 0 Å². The molecule has 0 aliphatic heterocycles. The third kappa shape index (κ3) is 4.75. The molecule has 8 nitrogen and oxygen atoms in total. The van der Waals surface area contributed by atoms with Crippen LogP contribution < -0.4 is 4.74 Å². The van der Waals surface area contributed by atoms with Gasteiger partial charge in [-0.05, 0) is 66.8 Å². The molecule has 0 radical (unpaired) electrons. The summed E-state index contributed by atoms with van der Waals surface area (Å²) in [7, 11) is 0. The second-order valence-electron chi connectivity index (χ2n) is 8.61. The molecule has 1 aliphatic carbocycles. The molecular weight excluding hydrogens is 477 g/mol. The molecule has 1 unspecified atom stereocenters. The van der Waals surface area contributed by atoms with Gasteiger partial charge in [0.1, 0.15) is 5.75 Å². The van der Waals surface area contributed by atoms with Gasteiger partial charge in [-0.3, -0.25) is 4.79 Å². The van der Waals surface area contributed by atoms with Crippen LogP contribution in [0.4, 0.5) is 13.2 Å². The van der Waals surface area contributed by atoms with Crippen LogP contribution >= 0.6 is 0 Å². The lowest BCUT2D eigenvalue weighted by Gasteiger charge is -2.11. The van der Waals surface area contributed by atoms with Gasteiger partial charge in [0, 0.05) is 40.1 Å². The summed E-state index contributed by atoms with van der Waals surface area (Å²) in [4.78, 5) is 18.9. The number of carboxylic acid groups (broad SMARTS) is 1. The van der Waals surface area contributed by atoms with Crippen LogP contribution in [0.2, 0.25) is 0 Å². The van der Waals surface area contributed by atoms with Crippen molar-refractivity contribution >= 4 is 16.9 Å². The van der Waals surface area contributed by atoms with E-state index in [9.17, 15) is 23.1 Å². The number of ether oxygens (including phenoxy) is 1. The zero-order valence-corrected chi connectivity index (χ0v) is 18.7. The van der Waals surface area contributed by atoms with E-state index in [2.05, 4.69) is 19.9 Å². The average molecular weight is 496 g/mol. The molecule has 0 fully saturated rings. The maximum Gasteiger partial charge on any atom is 0.573 e. The fourth-order valence-electron chi connectivity index (χ4n) is 4.68. The Balaban J connectivity index is 1.47. The van der Waals surface area contributed by atoms with Crippen LogP contribution in [-0.4, -0.2) is 32.6 Å². The molecule has 5 rings (SSSR count). The highest BCUT2D eigenvalue weighted by molar-refractivity contribution is 5.89. The SMILES string of the molecule is N#CCCc1cc(OC(F)(F)F)cc(-c2nc(-c3ccc4[nH]c5c(c4c3)CCC5CC(=O)O)no2)c1. The Hall–Kier alpha value is -4.33. The first-order chi connectivity index (χ1) is 17.2. The molecule has 0 saturated carbocycles. The lowest BCUT2D eigenvalue weighted by molar-refractivity contribution is -0.274. The molecule has 4 aromatic rings. The van der Waals surface area contributed by atoms with E-state index in [0.717, 1.165) is 41.1 Å². The highest BCUT2D eigenvalue weighted by atomic mass is 19.4. The van der Waals surface area contributed by atoms with Gasteiger partial charge in [0.25, 0.3) is 5.89 Å². The zero-order chi connectivity index (χ0) is 25.4. The zero-order valence-electron chi connectivity index (χ0n) is 18.7. The van der Waals surface area contributed by atoms with Gasteiger partial charge in [0.05, 0.1) is 12.5 Å². The van der Waals surface area contributed by atoms with Crippen molar-refractivity contribution in [3.05, 3.63) is 53.2 Å². The fraction of sp³-hybridized carbons (Fsp3) is 0.280. The quantitative estimate of drug-likeness (QED) is 0.334. The van der Waals surface area contributed by atoms with E-state index < -0.39 is 18.1 Å². The van der Waals surface area contributed by atoms with Crippen molar-refractivity contribution < 1.29 is 32.3 Å². The van der Waals surface area contributed by atoms with E-state index in [1.165, 1.54) is 6.07 Å². The Morgan fingerprint density at radius 3 is 2.83 bits per heavy atom. The summed E-state index contributed by atoms with van der Waals surface area (Å²) in [5.41, 5.74) is 4.23. The van der Waals surface area contributed by atoms with Gasteiger partial charge in [-0.1, -0.05) is 5.16 Å². The summed E-state index contributed by atoms with van der Waals surface area (Å²) in [6.45, 7) is 0. The molecule has 0 amide bonds. The number of halogens is 3. The van der Waals surface area contributed by atoms with Crippen LogP contribution in [-0.2, 0) is 17.6 Å². The molecule has 2 aromatic carbocycles. The molecule has 0 saturated heterocycles. The number of aryl methyl sites for hydroxylation is 2. The van der Waals surface area contributed by atoms with Crippen molar-refractivity contribution in [3.63, 3.8) is 0 Å². The number of hydrogen-bond donors (Lipinski definition) is 2. The highest BCUT2D eigenvalue weighted by Crippen LogP contribution is 2.40. The maximum atomic E-state index is 12.8. The number of nitrogens with one attached hydrogen (secondary N) is 1. The van der Waals surface area contributed by atoms with E-state index in [0.29, 0.717) is 11.1 Å². The molecule has 2 heterocycles. The predicted molar refractivity (Wildman–Crippen MR) is 121 cm³/mol. The Labute approximate surface area is 202 Å². The number of H-pyrrole nitrogens is 1. The third-order valence-electron chi connectivity index (χ3n) is 6.17. The Kier molecular flexibility index (Phi) is 5.88. The smallest absolute Gasteiger partial charge is 0.481 e. The van der Waals surface area contributed by atoms with Gasteiger partial charge in [-0.25, -0.2) is 0 Å². The average Bonchev–Trinajstić information content (AvgIpc) is 3.52. The van der Waals surface area contributed by atoms with Gasteiger partial charge in [-0.15, -0.1) is 13.2 Å². The highest BCUT2D eigenvalue weighted by Gasteiger charge is 2.32. The number of rotatable bonds is 7. The summed E-state index contributed by atoms with van der Waals surface area (Å²) >= 11 is 0. The van der Waals surface area contributed by atoms with Gasteiger partial charge in [0.15, 0.2) is 0 Å². The van der Waals surface area contributed by atoms with Crippen LogP contribution in [0.1, 0.15) is 42.0 Å². The Morgan fingerprint density at radius 2 is 2.08 bits per heavy atom. The van der Waals surface area contributed by atoms with Crippen LogP contribution in [0.15, 0.2) is 40.9 Å². The molecule has 2 N–H and O–H groups in total. The molecule has 0 spiro atoms. The van der Waals surface area contributed by atoms with Crippen molar-refractivity contribution in [2.45, 2.75) is 44.4 Å². The second kappa shape index (κ2) is 9.03. The molecule has 36 heavy (non-hydrogen) atoms. The molecule has 11 heteroatoms. The molecule has 0 bridgehead atoms. The molecular formula is C25H19F3N4O4. The molecule has 1 aliphatic rings. The standard InChI is InChI=1S/C25H19F3N4O4/c26-25(27,28)35-17-9-13(2-1-7-29)8-16(10-17)24-31-23(32-36-24)15-4-6-20-19(11-15)18-5-3-14(12-21(33)34)22(18)30-20/h4,6,8-11,14,30H,1-3,5,12H2,(H,33,34). The number of aromatic nitrogens is 3. The minimum atomic E-state index is -4.87. The largest absolute Gasteiger partial charge is 0.573 e. The number of hydrogen-bond acceptors (Lipinski definition) is 6. The van der Waals surface area contributed by atoms with E-state index >= 15 is 0 Å². The minimum Gasteiger partial charge on any atom is -0.481 e. The first-order valence-electron chi connectivity index (χ1n) is 11.2. The summed E-state index contributed by atoms with van der Waals surface area (Å²) in [6.07, 6.45) is -2.94. The summed E-state index contributed by atoms with van der Waals surface area (Å²) in [6, 6.07) is 11.5. The first-order valence-corrected chi connectivity index (χ1v) is 11.2. The van der Waals surface area contributed by atoms with Gasteiger partial charge >= 0.3 is 12.3 Å². The monoisotopic (exact) mass is 496 g/mol. The molecule has 1 atom stereocenters. The minimum absolute atomic E-state index is 0.0109. The van der Waals surface area contributed by atoms with Crippen LogP contribution in [0.25, 0.3) is 33.7 Å². The van der Waals surface area contributed by atoms with Gasteiger partial charge < -0.3 is 19.4 Å². The number of alkyl halides is 3. The number of fused-ring (bicyclic) bond motifs is 3. The van der Waals surface area contributed by atoms with Crippen LogP contribution in [0, 0.1) is 11.3 Å². The number of nitrogens with zero attached hydrogens (tertiary/aromatic N) is 3. The number of carbonyl (C=O) groups is 1. The number of carboxylic acids is 1. The fourth-order valence-corrected chi connectivity index (χ4v) is 4.68. The van der Waals surface area contributed by atoms with Crippen LogP contribution in [0.3, 0.4) is 0 Å². The second-order valence-corrected chi connectivity index (χ2v) is 8.61. The number of aliphatic carboxylic acids is 1. The number of benzene rings is 2. The van der Waals surface area contributed by atoms with Crippen molar-refractivity contribution in [3.8, 4) is 34.7 Å². The van der Waals surface area contributed by atoms with Crippen LogP contribution in [0.5, 0.6) is 5.75 Å². The van der Waals surface area contributed by atoms with E-state index in [1.807, 2.05) is 18.2 Å². The van der Waals surface area contributed by atoms with E-state index in [1.54, 1.807) is 12.1 Å². The van der Waals surface area contributed by atoms with Gasteiger partial charge in [-0.2, -0.15) is 10.2 Å². The third-order valence-corrected chi connectivity index (χ3v) is 6.17. The van der Waals surface area contributed by atoms with E-state index in [-0.39, 0.29) is 42.5 Å². The lowest BCUT2D eigenvalue weighted by atomic mass is 10.0. The maximum absolute atomic E-state index is 12.8. The van der Waals surface area contributed by atoms with Crippen molar-refractivity contribution in [1.29, 1.82) is 5.26 Å². The number of aromatic amines is 1. The lowest BCUT2D eigenvalue weighted by Crippen LogP contribution is -2.17. The van der Waals surface area contributed by atoms with Crippen molar-refractivity contribution in [1.82, 2.24) is 15.1 Å². The van der Waals surface area contributed by atoms with E-state index in [4.69, 9.17) is 9.78 Å². The summed E-state index contributed by atoms with van der Waals surface area (Å²) in [5.74, 6) is -1.08. The van der Waals surface area contributed by atoms with Crippen molar-refractivity contribution in [2.24, 2.45) is 0 Å². The summed E-state index contributed by atoms with van der Waals surface area (Å²) < 4.78 is 47.9. The number of nitriles is 1.